The smallest absolute Gasteiger partial charge is 0.0587 e. The number of H-pyrrole nitrogens is 1. The summed E-state index contributed by atoms with van der Waals surface area (Å²) in [5.41, 5.74) is 2.52. The van der Waals surface area contributed by atoms with Crippen molar-refractivity contribution in [3.8, 4) is 0 Å². The third-order valence-electron chi connectivity index (χ3n) is 3.48. The Hall–Kier alpha value is -1.32. The monoisotopic (exact) mass is 246 g/mol. The number of hydrogen-bond acceptors (Lipinski definition) is 2. The Morgan fingerprint density at radius 3 is 2.78 bits per heavy atom. The average Bonchev–Trinajstić information content (AvgIpc) is 2.78. The number of nitrogens with one attached hydrogen (secondary N) is 2. The van der Waals surface area contributed by atoms with Crippen LogP contribution < -0.4 is 5.32 Å². The van der Waals surface area contributed by atoms with Crippen molar-refractivity contribution in [1.29, 1.82) is 0 Å². The number of benzene rings is 1. The first-order valence-electron chi connectivity index (χ1n) is 6.61. The van der Waals surface area contributed by atoms with E-state index in [0.717, 1.165) is 13.0 Å². The number of aliphatic hydroxyl groups excluding tert-OH is 1. The molecule has 0 saturated heterocycles. The highest BCUT2D eigenvalue weighted by atomic mass is 16.3. The third kappa shape index (κ3) is 2.92. The molecule has 0 saturated carbocycles. The fourth-order valence-electron chi connectivity index (χ4n) is 2.24. The molecule has 1 aromatic carbocycles. The van der Waals surface area contributed by atoms with Gasteiger partial charge in [-0.3, -0.25) is 0 Å². The molecule has 2 rings (SSSR count). The van der Waals surface area contributed by atoms with Crippen molar-refractivity contribution in [2.45, 2.75) is 26.3 Å². The lowest BCUT2D eigenvalue weighted by Crippen LogP contribution is -2.38. The predicted molar refractivity (Wildman–Crippen MR) is 75.7 cm³/mol. The molecular weight excluding hydrogens is 224 g/mol. The molecule has 18 heavy (non-hydrogen) atoms. The minimum absolute atomic E-state index is 0.190. The molecule has 1 unspecified atom stereocenters. The van der Waals surface area contributed by atoms with Crippen molar-refractivity contribution in [3.05, 3.63) is 36.0 Å². The fourth-order valence-corrected chi connectivity index (χ4v) is 2.24. The Morgan fingerprint density at radius 2 is 2.06 bits per heavy atom. The van der Waals surface area contributed by atoms with Crippen LogP contribution in [-0.4, -0.2) is 29.3 Å². The summed E-state index contributed by atoms with van der Waals surface area (Å²) in [4.78, 5) is 3.29. The maximum Gasteiger partial charge on any atom is 0.0587 e. The molecule has 3 heteroatoms. The van der Waals surface area contributed by atoms with Crippen LogP contribution in [0.1, 0.15) is 19.4 Å². The van der Waals surface area contributed by atoms with Gasteiger partial charge >= 0.3 is 0 Å². The fraction of sp³-hybridized carbons (Fsp3) is 0.467. The lowest BCUT2D eigenvalue weighted by atomic mass is 10.0. The first kappa shape index (κ1) is 13.1. The Morgan fingerprint density at radius 1 is 1.28 bits per heavy atom. The van der Waals surface area contributed by atoms with E-state index in [2.05, 4.69) is 48.5 Å². The number of para-hydroxylation sites is 1. The lowest BCUT2D eigenvalue weighted by molar-refractivity contribution is 0.212. The molecule has 3 N–H and O–H groups in total. The topological polar surface area (TPSA) is 48.0 Å². The van der Waals surface area contributed by atoms with Gasteiger partial charge in [0.25, 0.3) is 0 Å². The van der Waals surface area contributed by atoms with Crippen molar-refractivity contribution in [1.82, 2.24) is 10.3 Å². The van der Waals surface area contributed by atoms with E-state index in [9.17, 15) is 5.11 Å². The van der Waals surface area contributed by atoms with E-state index in [0.29, 0.717) is 5.92 Å². The summed E-state index contributed by atoms with van der Waals surface area (Å²) >= 11 is 0. The zero-order valence-corrected chi connectivity index (χ0v) is 11.1. The molecule has 98 valence electrons. The minimum Gasteiger partial charge on any atom is -0.395 e. The summed E-state index contributed by atoms with van der Waals surface area (Å²) in [6.07, 6.45) is 3.06. The second-order valence-electron chi connectivity index (χ2n) is 5.10. The lowest BCUT2D eigenvalue weighted by Gasteiger charge is -2.19. The highest BCUT2D eigenvalue weighted by Gasteiger charge is 2.11. The van der Waals surface area contributed by atoms with Crippen LogP contribution in [0.15, 0.2) is 30.5 Å². The molecule has 0 bridgehead atoms. The number of aromatic nitrogens is 1. The van der Waals surface area contributed by atoms with Gasteiger partial charge in [-0.15, -0.1) is 0 Å². The molecule has 1 atom stereocenters. The molecule has 2 aromatic rings. The SMILES string of the molecule is CC(C)C(CO)NCCc1c[nH]c2ccccc12. The molecule has 1 aromatic heterocycles. The summed E-state index contributed by atoms with van der Waals surface area (Å²) in [6.45, 7) is 5.34. The van der Waals surface area contributed by atoms with E-state index in [1.807, 2.05) is 6.07 Å². The highest BCUT2D eigenvalue weighted by Crippen LogP contribution is 2.17. The van der Waals surface area contributed by atoms with E-state index in [1.54, 1.807) is 0 Å². The molecule has 0 radical (unpaired) electrons. The first-order chi connectivity index (χ1) is 8.72. The van der Waals surface area contributed by atoms with Crippen molar-refractivity contribution in [2.24, 2.45) is 5.92 Å². The summed E-state index contributed by atoms with van der Waals surface area (Å²) in [5, 5.41) is 14.0. The van der Waals surface area contributed by atoms with Crippen LogP contribution in [0.4, 0.5) is 0 Å². The van der Waals surface area contributed by atoms with Gasteiger partial charge in [0.05, 0.1) is 6.61 Å². The summed E-state index contributed by atoms with van der Waals surface area (Å²) in [7, 11) is 0. The number of hydrogen-bond donors (Lipinski definition) is 3. The largest absolute Gasteiger partial charge is 0.395 e. The zero-order chi connectivity index (χ0) is 13.0. The van der Waals surface area contributed by atoms with E-state index < -0.39 is 0 Å². The van der Waals surface area contributed by atoms with Crippen LogP contribution in [0.25, 0.3) is 10.9 Å². The Labute approximate surface area is 108 Å². The van der Waals surface area contributed by atoms with Crippen LogP contribution in [0, 0.1) is 5.92 Å². The molecule has 0 aliphatic heterocycles. The summed E-state index contributed by atoms with van der Waals surface area (Å²) in [5.74, 6) is 0.456. The van der Waals surface area contributed by atoms with E-state index in [4.69, 9.17) is 0 Å². The summed E-state index contributed by atoms with van der Waals surface area (Å²) < 4.78 is 0. The standard InChI is InChI=1S/C15H22N2O/c1-11(2)15(10-18)16-8-7-12-9-17-14-6-4-3-5-13(12)14/h3-6,9,11,15-18H,7-8,10H2,1-2H3. The van der Waals surface area contributed by atoms with Gasteiger partial charge in [0.1, 0.15) is 0 Å². The van der Waals surface area contributed by atoms with Crippen molar-refractivity contribution >= 4 is 10.9 Å². The third-order valence-corrected chi connectivity index (χ3v) is 3.48. The van der Waals surface area contributed by atoms with Crippen LogP contribution in [0.2, 0.25) is 0 Å². The maximum absolute atomic E-state index is 9.26. The molecule has 0 spiro atoms. The molecule has 1 heterocycles. The number of aliphatic hydroxyl groups is 1. The van der Waals surface area contributed by atoms with Crippen LogP contribution >= 0.6 is 0 Å². The molecule has 0 aliphatic carbocycles. The van der Waals surface area contributed by atoms with Gasteiger partial charge < -0.3 is 15.4 Å². The van der Waals surface area contributed by atoms with Crippen molar-refractivity contribution in [2.75, 3.05) is 13.2 Å². The second kappa shape index (κ2) is 6.03. The predicted octanol–water partition coefficient (Wildman–Crippen LogP) is 2.32. The first-order valence-corrected chi connectivity index (χ1v) is 6.61. The minimum atomic E-state index is 0.190. The van der Waals surface area contributed by atoms with E-state index in [1.165, 1.54) is 16.5 Å². The van der Waals surface area contributed by atoms with Crippen LogP contribution in [0.3, 0.4) is 0 Å². The van der Waals surface area contributed by atoms with Crippen LogP contribution in [0.5, 0.6) is 0 Å². The molecule has 0 fully saturated rings. The summed E-state index contributed by atoms with van der Waals surface area (Å²) in [6, 6.07) is 8.54. The Bertz CT molecular complexity index is 490. The molecule has 0 amide bonds. The molecular formula is C15H22N2O. The van der Waals surface area contributed by atoms with Crippen molar-refractivity contribution < 1.29 is 5.11 Å². The average molecular weight is 246 g/mol. The normalized spacial score (nSPS) is 13.3. The molecule has 3 nitrogen and oxygen atoms in total. The number of rotatable bonds is 6. The second-order valence-corrected chi connectivity index (χ2v) is 5.10. The highest BCUT2D eigenvalue weighted by molar-refractivity contribution is 5.83. The van der Waals surface area contributed by atoms with E-state index in [-0.39, 0.29) is 12.6 Å². The van der Waals surface area contributed by atoms with Gasteiger partial charge in [-0.05, 0) is 30.5 Å². The molecule has 0 aliphatic rings. The Balaban J connectivity index is 1.94. The van der Waals surface area contributed by atoms with E-state index >= 15 is 0 Å². The number of fused-ring (bicyclic) bond motifs is 1. The number of aromatic amines is 1. The van der Waals surface area contributed by atoms with Gasteiger partial charge in [-0.1, -0.05) is 32.0 Å². The van der Waals surface area contributed by atoms with Gasteiger partial charge in [-0.2, -0.15) is 0 Å². The van der Waals surface area contributed by atoms with Gasteiger partial charge in [-0.25, -0.2) is 0 Å². The zero-order valence-electron chi connectivity index (χ0n) is 11.1. The van der Waals surface area contributed by atoms with Crippen LogP contribution in [-0.2, 0) is 6.42 Å². The van der Waals surface area contributed by atoms with Gasteiger partial charge in [0.15, 0.2) is 0 Å². The van der Waals surface area contributed by atoms with Gasteiger partial charge in [0, 0.05) is 23.1 Å². The maximum atomic E-state index is 9.26. The quantitative estimate of drug-likeness (QED) is 0.732. The Kier molecular flexibility index (Phi) is 4.39. The van der Waals surface area contributed by atoms with Gasteiger partial charge in [0.2, 0.25) is 0 Å². The van der Waals surface area contributed by atoms with Crippen molar-refractivity contribution in [3.63, 3.8) is 0 Å².